The Morgan fingerprint density at radius 2 is 2.03 bits per heavy atom. The van der Waals surface area contributed by atoms with Crippen LogP contribution in [0.1, 0.15) is 37.8 Å². The maximum Gasteiger partial charge on any atom is 0.247 e. The van der Waals surface area contributed by atoms with Gasteiger partial charge in [-0.25, -0.2) is 10.5 Å². The Hall–Kier alpha value is -3.59. The summed E-state index contributed by atoms with van der Waals surface area (Å²) in [5.41, 5.74) is 5.22. The lowest BCUT2D eigenvalue weighted by molar-refractivity contribution is -0.128. The minimum Gasteiger partial charge on any atom is -0.320 e. The number of nitrogens with zero attached hydrogens (tertiary/aromatic N) is 6. The van der Waals surface area contributed by atoms with Crippen molar-refractivity contribution in [2.75, 3.05) is 6.54 Å². The van der Waals surface area contributed by atoms with Gasteiger partial charge in [-0.05, 0) is 36.3 Å². The van der Waals surface area contributed by atoms with E-state index in [1.54, 1.807) is 17.8 Å². The summed E-state index contributed by atoms with van der Waals surface area (Å²) < 4.78 is 2.19. The summed E-state index contributed by atoms with van der Waals surface area (Å²) >= 11 is 0. The lowest BCUT2D eigenvalue weighted by Gasteiger charge is -2.28. The topological polar surface area (TPSA) is 108 Å². The molecule has 1 aliphatic rings. The Balaban J connectivity index is 1.69. The molecule has 1 atom stereocenters. The number of benzene rings is 1. The number of carbonyl (C=O) groups is 1. The summed E-state index contributed by atoms with van der Waals surface area (Å²) in [6, 6.07) is 13.8. The van der Waals surface area contributed by atoms with Crippen LogP contribution in [-0.2, 0) is 11.3 Å². The van der Waals surface area contributed by atoms with Gasteiger partial charge in [0.2, 0.25) is 5.91 Å². The summed E-state index contributed by atoms with van der Waals surface area (Å²) in [6.07, 6.45) is 3.51. The monoisotopic (exact) mass is 419 g/mol. The molecule has 1 aliphatic heterocycles. The molecule has 2 N–H and O–H groups in total. The highest BCUT2D eigenvalue weighted by molar-refractivity contribution is 5.76. The number of amides is 1. The molecular weight excluding hydrogens is 394 g/mol. The highest BCUT2D eigenvalue weighted by Gasteiger charge is 2.31. The van der Waals surface area contributed by atoms with Crippen LogP contribution in [0.15, 0.2) is 70.8 Å². The van der Waals surface area contributed by atoms with Crippen LogP contribution in [0.2, 0.25) is 0 Å². The first-order valence-electron chi connectivity index (χ1n) is 10.2. The summed E-state index contributed by atoms with van der Waals surface area (Å²) in [7, 11) is 0. The van der Waals surface area contributed by atoms with Crippen LogP contribution in [0.3, 0.4) is 0 Å². The second-order valence-corrected chi connectivity index (χ2v) is 7.78. The summed E-state index contributed by atoms with van der Waals surface area (Å²) in [6.45, 7) is 5.33. The van der Waals surface area contributed by atoms with Crippen molar-refractivity contribution in [3.05, 3.63) is 72.0 Å². The van der Waals surface area contributed by atoms with Crippen LogP contribution < -0.4 is 5.48 Å². The van der Waals surface area contributed by atoms with Gasteiger partial charge < -0.3 is 4.57 Å². The quantitative estimate of drug-likeness (QED) is 0.449. The number of pyridine rings is 1. The second-order valence-electron chi connectivity index (χ2n) is 7.78. The van der Waals surface area contributed by atoms with Gasteiger partial charge in [0.25, 0.3) is 0 Å². The maximum atomic E-state index is 11.3. The molecule has 9 nitrogen and oxygen atoms in total. The third-order valence-corrected chi connectivity index (χ3v) is 5.21. The van der Waals surface area contributed by atoms with Crippen LogP contribution >= 0.6 is 0 Å². The van der Waals surface area contributed by atoms with Gasteiger partial charge >= 0.3 is 0 Å². The Kier molecular flexibility index (Phi) is 6.03. The summed E-state index contributed by atoms with van der Waals surface area (Å²) in [5, 5.41) is 19.2. The maximum absolute atomic E-state index is 11.3. The van der Waals surface area contributed by atoms with Gasteiger partial charge in [-0.2, -0.15) is 0 Å². The van der Waals surface area contributed by atoms with Crippen molar-refractivity contribution in [2.24, 2.45) is 16.3 Å². The number of aromatic nitrogens is 3. The number of imidazole rings is 1. The van der Waals surface area contributed by atoms with Crippen molar-refractivity contribution in [2.45, 2.75) is 32.9 Å². The van der Waals surface area contributed by atoms with Crippen LogP contribution in [0.25, 0.3) is 11.0 Å². The molecule has 1 amide bonds. The molecule has 0 spiro atoms. The van der Waals surface area contributed by atoms with Crippen LogP contribution in [0.5, 0.6) is 0 Å². The van der Waals surface area contributed by atoms with Crippen LogP contribution in [-0.4, -0.2) is 37.2 Å². The third-order valence-electron chi connectivity index (χ3n) is 5.21. The lowest BCUT2D eigenvalue weighted by atomic mass is 10.0. The van der Waals surface area contributed by atoms with E-state index >= 15 is 0 Å². The average Bonchev–Trinajstić information content (AvgIpc) is 3.38. The second kappa shape index (κ2) is 9.05. The molecule has 9 heteroatoms. The molecule has 1 unspecified atom stereocenters. The van der Waals surface area contributed by atoms with Gasteiger partial charge in [0.15, 0.2) is 0 Å². The van der Waals surface area contributed by atoms with E-state index in [0.29, 0.717) is 18.8 Å². The number of hydroxylamine groups is 1. The van der Waals surface area contributed by atoms with E-state index in [2.05, 4.69) is 39.8 Å². The Morgan fingerprint density at radius 3 is 2.77 bits per heavy atom. The standard InChI is InChI=1S/C22H25N7O2/c1-15(2)21(29-14-17(25-27-29)10-11-20(30)26-31)22-24-18-8-3-4-9-19(18)28(22)13-16-7-5-6-12-23-16/h3-10,12,15,21,31H,11,13-14H2,1-2H3,(H,26,30)/b17-10-. The first kappa shape index (κ1) is 20.7. The predicted molar refractivity (Wildman–Crippen MR) is 115 cm³/mol. The number of hydrogen-bond donors (Lipinski definition) is 2. The normalized spacial score (nSPS) is 15.9. The van der Waals surface area contributed by atoms with Gasteiger partial charge in [-0.3, -0.25) is 20.0 Å². The Morgan fingerprint density at radius 1 is 1.23 bits per heavy atom. The van der Waals surface area contributed by atoms with E-state index in [-0.39, 0.29) is 18.4 Å². The molecule has 1 aromatic carbocycles. The molecule has 3 aromatic rings. The minimum absolute atomic E-state index is 0.0449. The molecule has 4 rings (SSSR count). The van der Waals surface area contributed by atoms with Crippen molar-refractivity contribution in [1.29, 1.82) is 0 Å². The summed E-state index contributed by atoms with van der Waals surface area (Å²) in [5.74, 6) is 0.618. The third kappa shape index (κ3) is 4.46. The minimum atomic E-state index is -0.487. The molecule has 0 radical (unpaired) electrons. The SMILES string of the molecule is CC(C)C(c1nc2ccccc2n1Cc1ccccn1)N1C/C(=C/CC(=O)NO)N=N1. The highest BCUT2D eigenvalue weighted by Crippen LogP contribution is 2.34. The molecule has 31 heavy (non-hydrogen) atoms. The first-order chi connectivity index (χ1) is 15.1. The molecule has 0 saturated heterocycles. The van der Waals surface area contributed by atoms with Crippen molar-refractivity contribution in [3.63, 3.8) is 0 Å². The smallest absolute Gasteiger partial charge is 0.247 e. The highest BCUT2D eigenvalue weighted by atomic mass is 16.5. The fourth-order valence-electron chi connectivity index (χ4n) is 3.77. The first-order valence-corrected chi connectivity index (χ1v) is 10.2. The molecule has 0 bridgehead atoms. The van der Waals surface area contributed by atoms with E-state index in [0.717, 1.165) is 22.6 Å². The summed E-state index contributed by atoms with van der Waals surface area (Å²) in [4.78, 5) is 20.8. The molecule has 0 aliphatic carbocycles. The van der Waals surface area contributed by atoms with Crippen LogP contribution in [0, 0.1) is 5.92 Å². The predicted octanol–water partition coefficient (Wildman–Crippen LogP) is 3.64. The molecule has 0 fully saturated rings. The zero-order chi connectivity index (χ0) is 21.8. The number of carbonyl (C=O) groups excluding carboxylic acids is 1. The van der Waals surface area contributed by atoms with Gasteiger partial charge in [0.05, 0.1) is 35.5 Å². The molecular formula is C22H25N7O2. The number of fused-ring (bicyclic) bond motifs is 1. The number of nitrogens with one attached hydrogen (secondary N) is 1. The zero-order valence-corrected chi connectivity index (χ0v) is 17.5. The van der Waals surface area contributed by atoms with E-state index in [1.807, 2.05) is 41.4 Å². The van der Waals surface area contributed by atoms with Gasteiger partial charge in [0, 0.05) is 12.6 Å². The van der Waals surface area contributed by atoms with E-state index in [1.165, 1.54) is 0 Å². The Labute approximate surface area is 180 Å². The number of hydrogen-bond acceptors (Lipinski definition) is 7. The fourth-order valence-corrected chi connectivity index (χ4v) is 3.77. The largest absolute Gasteiger partial charge is 0.320 e. The van der Waals surface area contributed by atoms with E-state index in [9.17, 15) is 4.79 Å². The van der Waals surface area contributed by atoms with Crippen LogP contribution in [0.4, 0.5) is 0 Å². The number of rotatable bonds is 7. The molecule has 2 aromatic heterocycles. The number of para-hydroxylation sites is 2. The van der Waals surface area contributed by atoms with Crippen molar-refractivity contribution in [3.8, 4) is 0 Å². The van der Waals surface area contributed by atoms with Crippen molar-refractivity contribution >= 4 is 16.9 Å². The Bertz CT molecular complexity index is 1120. The van der Waals surface area contributed by atoms with E-state index in [4.69, 9.17) is 10.2 Å². The molecule has 0 saturated carbocycles. The van der Waals surface area contributed by atoms with Gasteiger partial charge in [-0.15, -0.1) is 5.11 Å². The average molecular weight is 419 g/mol. The van der Waals surface area contributed by atoms with Gasteiger partial charge in [-0.1, -0.05) is 37.3 Å². The zero-order valence-electron chi connectivity index (χ0n) is 17.5. The van der Waals surface area contributed by atoms with Crippen molar-refractivity contribution < 1.29 is 10.0 Å². The molecule has 160 valence electrons. The van der Waals surface area contributed by atoms with Gasteiger partial charge in [0.1, 0.15) is 11.9 Å². The van der Waals surface area contributed by atoms with E-state index < -0.39 is 5.91 Å². The molecule has 3 heterocycles. The fraction of sp³-hybridized carbons (Fsp3) is 0.318. The van der Waals surface area contributed by atoms with Crippen molar-refractivity contribution in [1.82, 2.24) is 25.0 Å². The lowest BCUT2D eigenvalue weighted by Crippen LogP contribution is -2.29.